The van der Waals surface area contributed by atoms with Crippen molar-refractivity contribution in [1.29, 1.82) is 0 Å². The lowest BCUT2D eigenvalue weighted by molar-refractivity contribution is -0.116. The van der Waals surface area contributed by atoms with Gasteiger partial charge in [0.1, 0.15) is 5.82 Å². The first-order chi connectivity index (χ1) is 11.1. The maximum atomic E-state index is 13.2. The normalized spacial score (nSPS) is 14.3. The van der Waals surface area contributed by atoms with Gasteiger partial charge in [-0.25, -0.2) is 9.37 Å². The summed E-state index contributed by atoms with van der Waals surface area (Å²) in [6, 6.07) is 6.15. The van der Waals surface area contributed by atoms with E-state index in [-0.39, 0.29) is 23.4 Å². The van der Waals surface area contributed by atoms with E-state index in [4.69, 9.17) is 0 Å². The average Bonchev–Trinajstić information content (AvgIpc) is 3.14. The molecule has 1 aromatic carbocycles. The lowest BCUT2D eigenvalue weighted by Crippen LogP contribution is -2.27. The van der Waals surface area contributed by atoms with Crippen molar-refractivity contribution in [2.75, 3.05) is 24.2 Å². The van der Waals surface area contributed by atoms with Gasteiger partial charge in [-0.1, -0.05) is 23.9 Å². The predicted molar refractivity (Wildman–Crippen MR) is 90.2 cm³/mol. The molecule has 5 nitrogen and oxygen atoms in total. The highest BCUT2D eigenvalue weighted by Gasteiger charge is 2.21. The number of thioether (sulfide) groups is 1. The summed E-state index contributed by atoms with van der Waals surface area (Å²) in [5.41, 5.74) is 1.29. The predicted octanol–water partition coefficient (Wildman–Crippen LogP) is 3.45. The number of carbonyl (C=O) groups excluding carboxylic acids is 2. The van der Waals surface area contributed by atoms with Crippen LogP contribution in [0.5, 0.6) is 0 Å². The van der Waals surface area contributed by atoms with Gasteiger partial charge in [-0.3, -0.25) is 9.59 Å². The second kappa shape index (κ2) is 7.10. The minimum atomic E-state index is -0.325. The van der Waals surface area contributed by atoms with Gasteiger partial charge in [-0.15, -0.1) is 11.3 Å². The van der Waals surface area contributed by atoms with Gasteiger partial charge in [0, 0.05) is 36.2 Å². The van der Waals surface area contributed by atoms with Gasteiger partial charge in [-0.2, -0.15) is 0 Å². The van der Waals surface area contributed by atoms with Crippen molar-refractivity contribution in [3.63, 3.8) is 0 Å². The first-order valence-electron chi connectivity index (χ1n) is 7.05. The van der Waals surface area contributed by atoms with E-state index >= 15 is 0 Å². The van der Waals surface area contributed by atoms with Gasteiger partial charge in [0.15, 0.2) is 5.13 Å². The number of thiazole rings is 1. The molecule has 0 radical (unpaired) electrons. The summed E-state index contributed by atoms with van der Waals surface area (Å²) in [4.78, 5) is 29.3. The largest absolute Gasteiger partial charge is 0.332 e. The molecule has 2 amide bonds. The van der Waals surface area contributed by atoms with Gasteiger partial charge in [0.25, 0.3) is 5.24 Å². The van der Waals surface area contributed by atoms with E-state index in [0.717, 1.165) is 5.75 Å². The summed E-state index contributed by atoms with van der Waals surface area (Å²) in [7, 11) is 0. The van der Waals surface area contributed by atoms with Crippen LogP contribution in [0.2, 0.25) is 0 Å². The van der Waals surface area contributed by atoms with E-state index in [1.807, 2.05) is 0 Å². The highest BCUT2D eigenvalue weighted by molar-refractivity contribution is 8.13. The number of carbonyl (C=O) groups is 2. The Morgan fingerprint density at radius 3 is 3.04 bits per heavy atom. The van der Waals surface area contributed by atoms with Crippen LogP contribution in [-0.2, 0) is 4.79 Å². The number of aromatic nitrogens is 1. The third-order valence-corrected chi connectivity index (χ3v) is 4.97. The number of anilines is 1. The molecule has 0 atom stereocenters. The topological polar surface area (TPSA) is 62.3 Å². The standard InChI is InChI=1S/C15H14FN3O2S2/c16-11-3-1-2-10(8-11)12-9-23-14(17-12)18-13(20)4-5-19-6-7-22-15(19)21/h1-3,8-9H,4-7H2,(H,17,18,20). The molecule has 0 saturated carbocycles. The molecule has 23 heavy (non-hydrogen) atoms. The summed E-state index contributed by atoms with van der Waals surface area (Å²) < 4.78 is 13.2. The zero-order valence-electron chi connectivity index (χ0n) is 12.1. The van der Waals surface area contributed by atoms with Gasteiger partial charge >= 0.3 is 0 Å². The summed E-state index contributed by atoms with van der Waals surface area (Å²) >= 11 is 2.56. The number of nitrogens with zero attached hydrogens (tertiary/aromatic N) is 2. The van der Waals surface area contributed by atoms with Crippen LogP contribution in [0, 0.1) is 5.82 Å². The van der Waals surface area contributed by atoms with Crippen molar-refractivity contribution in [3.8, 4) is 11.3 Å². The zero-order valence-corrected chi connectivity index (χ0v) is 13.8. The molecular formula is C15H14FN3O2S2. The Kier molecular flexibility index (Phi) is 4.92. The molecule has 1 aromatic heterocycles. The van der Waals surface area contributed by atoms with Crippen LogP contribution in [0.15, 0.2) is 29.6 Å². The molecule has 1 N–H and O–H groups in total. The SMILES string of the molecule is O=C(CCN1CCSC1=O)Nc1nc(-c2cccc(F)c2)cs1. The van der Waals surface area contributed by atoms with Crippen LogP contribution in [-0.4, -0.2) is 39.9 Å². The average molecular weight is 351 g/mol. The number of amides is 2. The fraction of sp³-hybridized carbons (Fsp3) is 0.267. The van der Waals surface area contributed by atoms with Crippen LogP contribution in [0.25, 0.3) is 11.3 Å². The lowest BCUT2D eigenvalue weighted by Gasteiger charge is -2.13. The van der Waals surface area contributed by atoms with E-state index < -0.39 is 0 Å². The summed E-state index contributed by atoms with van der Waals surface area (Å²) in [5.74, 6) is 0.272. The molecular weight excluding hydrogens is 337 g/mol. The number of nitrogens with one attached hydrogen (secondary N) is 1. The molecule has 120 valence electrons. The molecule has 3 rings (SSSR count). The summed E-state index contributed by atoms with van der Waals surface area (Å²) in [6.07, 6.45) is 0.237. The van der Waals surface area contributed by atoms with Crippen molar-refractivity contribution in [2.24, 2.45) is 0 Å². The Balaban J connectivity index is 1.56. The first-order valence-corrected chi connectivity index (χ1v) is 8.91. The quantitative estimate of drug-likeness (QED) is 0.896. The van der Waals surface area contributed by atoms with E-state index in [1.54, 1.807) is 22.4 Å². The monoisotopic (exact) mass is 351 g/mol. The molecule has 0 spiro atoms. The van der Waals surface area contributed by atoms with E-state index in [1.165, 1.54) is 35.2 Å². The number of rotatable bonds is 5. The maximum Gasteiger partial charge on any atom is 0.281 e. The number of benzene rings is 1. The van der Waals surface area contributed by atoms with E-state index in [9.17, 15) is 14.0 Å². The fourth-order valence-corrected chi connectivity index (χ4v) is 3.75. The molecule has 8 heteroatoms. The first kappa shape index (κ1) is 15.9. The fourth-order valence-electron chi connectivity index (χ4n) is 2.16. The molecule has 1 fully saturated rings. The van der Waals surface area contributed by atoms with Crippen molar-refractivity contribution in [3.05, 3.63) is 35.5 Å². The number of hydrogen-bond donors (Lipinski definition) is 1. The maximum absolute atomic E-state index is 13.2. The molecule has 2 aromatic rings. The van der Waals surface area contributed by atoms with Crippen LogP contribution in [0.3, 0.4) is 0 Å². The molecule has 2 heterocycles. The van der Waals surface area contributed by atoms with Crippen molar-refractivity contribution < 1.29 is 14.0 Å². The van der Waals surface area contributed by atoms with Crippen LogP contribution in [0.4, 0.5) is 14.3 Å². The highest BCUT2D eigenvalue weighted by Crippen LogP contribution is 2.25. The second-order valence-corrected chi connectivity index (χ2v) is 6.85. The zero-order chi connectivity index (χ0) is 16.2. The molecule has 0 aliphatic carbocycles. The second-order valence-electron chi connectivity index (χ2n) is 4.95. The Labute approximate surface area is 140 Å². The van der Waals surface area contributed by atoms with Crippen LogP contribution >= 0.6 is 23.1 Å². The highest BCUT2D eigenvalue weighted by atomic mass is 32.2. The minimum absolute atomic E-state index is 0.0282. The van der Waals surface area contributed by atoms with Crippen molar-refractivity contribution >= 4 is 39.4 Å². The molecule has 0 bridgehead atoms. The van der Waals surface area contributed by atoms with Gasteiger partial charge in [0.05, 0.1) is 5.69 Å². The molecule has 1 saturated heterocycles. The smallest absolute Gasteiger partial charge is 0.281 e. The number of halogens is 1. The third kappa shape index (κ3) is 4.08. The minimum Gasteiger partial charge on any atom is -0.332 e. The molecule has 1 aliphatic rings. The molecule has 1 aliphatic heterocycles. The Bertz CT molecular complexity index is 735. The van der Waals surface area contributed by atoms with Gasteiger partial charge < -0.3 is 10.2 Å². The van der Waals surface area contributed by atoms with Gasteiger partial charge in [0.2, 0.25) is 5.91 Å². The number of hydrogen-bond acceptors (Lipinski definition) is 5. The van der Waals surface area contributed by atoms with E-state index in [2.05, 4.69) is 10.3 Å². The Morgan fingerprint density at radius 2 is 2.30 bits per heavy atom. The summed E-state index contributed by atoms with van der Waals surface area (Å²) in [6.45, 7) is 1.11. The summed E-state index contributed by atoms with van der Waals surface area (Å²) in [5, 5.41) is 4.98. The lowest BCUT2D eigenvalue weighted by atomic mass is 10.2. The Morgan fingerprint density at radius 1 is 1.43 bits per heavy atom. The van der Waals surface area contributed by atoms with E-state index in [0.29, 0.717) is 29.5 Å². The molecule has 0 unspecified atom stereocenters. The van der Waals surface area contributed by atoms with Crippen LogP contribution < -0.4 is 5.32 Å². The Hall–Kier alpha value is -1.93. The third-order valence-electron chi connectivity index (χ3n) is 3.32. The van der Waals surface area contributed by atoms with Crippen LogP contribution in [0.1, 0.15) is 6.42 Å². The van der Waals surface area contributed by atoms with Crippen molar-refractivity contribution in [2.45, 2.75) is 6.42 Å². The van der Waals surface area contributed by atoms with Gasteiger partial charge in [-0.05, 0) is 12.1 Å². The van der Waals surface area contributed by atoms with Crippen molar-refractivity contribution in [1.82, 2.24) is 9.88 Å².